The Labute approximate surface area is 116 Å². The molecule has 2 heterocycles. The first kappa shape index (κ1) is 12.5. The lowest BCUT2D eigenvalue weighted by Crippen LogP contribution is -2.26. The second-order valence-electron chi connectivity index (χ2n) is 4.79. The van der Waals surface area contributed by atoms with Gasteiger partial charge < -0.3 is 10.0 Å². The molecule has 0 saturated heterocycles. The monoisotopic (exact) mass is 270 g/mol. The summed E-state index contributed by atoms with van der Waals surface area (Å²) in [6, 6.07) is 4.38. The molecule has 0 spiro atoms. The van der Waals surface area contributed by atoms with Gasteiger partial charge in [-0.3, -0.25) is 4.98 Å². The summed E-state index contributed by atoms with van der Waals surface area (Å²) in [7, 11) is 0. The number of carboxylic acid groups (broad SMARTS) is 1. The van der Waals surface area contributed by atoms with Gasteiger partial charge >= 0.3 is 5.97 Å². The van der Waals surface area contributed by atoms with E-state index in [0.717, 1.165) is 18.4 Å². The molecule has 102 valence electrons. The van der Waals surface area contributed by atoms with Gasteiger partial charge in [0.1, 0.15) is 5.82 Å². The Kier molecular flexibility index (Phi) is 3.28. The van der Waals surface area contributed by atoms with Crippen molar-refractivity contribution in [1.29, 1.82) is 0 Å². The Morgan fingerprint density at radius 1 is 1.30 bits per heavy atom. The lowest BCUT2D eigenvalue weighted by molar-refractivity contribution is 0.0690. The van der Waals surface area contributed by atoms with Crippen LogP contribution in [0.1, 0.15) is 28.9 Å². The van der Waals surface area contributed by atoms with Crippen LogP contribution in [0.2, 0.25) is 0 Å². The fourth-order valence-corrected chi connectivity index (χ4v) is 2.05. The normalized spacial score (nSPS) is 14.0. The zero-order valence-electron chi connectivity index (χ0n) is 10.8. The van der Waals surface area contributed by atoms with Crippen LogP contribution in [-0.4, -0.2) is 32.1 Å². The number of rotatable bonds is 5. The SMILES string of the molecule is O=C(O)c1cnc(N(Cc2cccnc2)C2CC2)cn1. The Bertz CT molecular complexity index is 596. The van der Waals surface area contributed by atoms with E-state index in [2.05, 4.69) is 19.9 Å². The number of hydrogen-bond acceptors (Lipinski definition) is 5. The molecule has 0 atom stereocenters. The van der Waals surface area contributed by atoms with Gasteiger partial charge in [0.05, 0.1) is 12.4 Å². The molecule has 3 rings (SSSR count). The van der Waals surface area contributed by atoms with Gasteiger partial charge in [-0.2, -0.15) is 0 Å². The van der Waals surface area contributed by atoms with Crippen LogP contribution in [0.15, 0.2) is 36.9 Å². The lowest BCUT2D eigenvalue weighted by atomic mass is 10.2. The summed E-state index contributed by atoms with van der Waals surface area (Å²) < 4.78 is 0. The van der Waals surface area contributed by atoms with Gasteiger partial charge in [-0.1, -0.05) is 6.07 Å². The predicted octanol–water partition coefficient (Wildman–Crippen LogP) is 1.74. The molecule has 6 nitrogen and oxygen atoms in total. The van der Waals surface area contributed by atoms with Crippen LogP contribution >= 0.6 is 0 Å². The van der Waals surface area contributed by atoms with Gasteiger partial charge in [-0.05, 0) is 24.5 Å². The highest BCUT2D eigenvalue weighted by molar-refractivity contribution is 5.84. The highest BCUT2D eigenvalue weighted by Gasteiger charge is 2.30. The maximum atomic E-state index is 10.8. The fraction of sp³-hybridized carbons (Fsp3) is 0.286. The summed E-state index contributed by atoms with van der Waals surface area (Å²) in [4.78, 5) is 25.2. The quantitative estimate of drug-likeness (QED) is 0.891. The molecule has 0 bridgehead atoms. The highest BCUT2D eigenvalue weighted by Crippen LogP contribution is 2.31. The molecule has 0 unspecified atom stereocenters. The van der Waals surface area contributed by atoms with Crippen LogP contribution in [0.25, 0.3) is 0 Å². The summed E-state index contributed by atoms with van der Waals surface area (Å²) in [5, 5.41) is 8.85. The highest BCUT2D eigenvalue weighted by atomic mass is 16.4. The summed E-state index contributed by atoms with van der Waals surface area (Å²) in [5.41, 5.74) is 1.06. The Balaban J connectivity index is 1.82. The first-order valence-electron chi connectivity index (χ1n) is 6.45. The predicted molar refractivity (Wildman–Crippen MR) is 72.4 cm³/mol. The number of anilines is 1. The van der Waals surface area contributed by atoms with Crippen LogP contribution in [-0.2, 0) is 6.54 Å². The van der Waals surface area contributed by atoms with Crippen LogP contribution in [0.3, 0.4) is 0 Å². The lowest BCUT2D eigenvalue weighted by Gasteiger charge is -2.23. The maximum absolute atomic E-state index is 10.8. The molecule has 1 saturated carbocycles. The van der Waals surface area contributed by atoms with Crippen molar-refractivity contribution in [2.24, 2.45) is 0 Å². The zero-order chi connectivity index (χ0) is 13.9. The largest absolute Gasteiger partial charge is 0.476 e. The molecular formula is C14H14N4O2. The number of aromatic carboxylic acids is 1. The molecule has 0 aliphatic heterocycles. The number of pyridine rings is 1. The van der Waals surface area contributed by atoms with Gasteiger partial charge in [-0.25, -0.2) is 14.8 Å². The Morgan fingerprint density at radius 2 is 2.15 bits per heavy atom. The molecule has 0 aromatic carbocycles. The van der Waals surface area contributed by atoms with Gasteiger partial charge in [0.2, 0.25) is 0 Å². The third-order valence-corrected chi connectivity index (χ3v) is 3.21. The summed E-state index contributed by atoms with van der Waals surface area (Å²) >= 11 is 0. The first-order chi connectivity index (χ1) is 9.74. The van der Waals surface area contributed by atoms with E-state index < -0.39 is 5.97 Å². The van der Waals surface area contributed by atoms with Gasteiger partial charge in [0.25, 0.3) is 0 Å². The van der Waals surface area contributed by atoms with Crippen molar-refractivity contribution in [3.8, 4) is 0 Å². The third-order valence-electron chi connectivity index (χ3n) is 3.21. The van der Waals surface area contributed by atoms with Gasteiger partial charge in [-0.15, -0.1) is 0 Å². The van der Waals surface area contributed by atoms with Crippen molar-refractivity contribution in [3.63, 3.8) is 0 Å². The summed E-state index contributed by atoms with van der Waals surface area (Å²) in [6.07, 6.45) is 8.65. The van der Waals surface area contributed by atoms with Crippen molar-refractivity contribution in [2.45, 2.75) is 25.4 Å². The first-order valence-corrected chi connectivity index (χ1v) is 6.45. The van der Waals surface area contributed by atoms with Crippen LogP contribution in [0.5, 0.6) is 0 Å². The molecule has 20 heavy (non-hydrogen) atoms. The summed E-state index contributed by atoms with van der Waals surface area (Å²) in [6.45, 7) is 0.708. The number of aromatic nitrogens is 3. The molecule has 1 N–H and O–H groups in total. The van der Waals surface area contributed by atoms with E-state index >= 15 is 0 Å². The van der Waals surface area contributed by atoms with E-state index in [1.165, 1.54) is 12.4 Å². The average molecular weight is 270 g/mol. The molecule has 1 aliphatic carbocycles. The molecule has 6 heteroatoms. The van der Waals surface area contributed by atoms with Crippen molar-refractivity contribution < 1.29 is 9.90 Å². The third kappa shape index (κ3) is 2.74. The number of carboxylic acids is 1. The molecule has 0 amide bonds. The van der Waals surface area contributed by atoms with Crippen LogP contribution in [0.4, 0.5) is 5.82 Å². The van der Waals surface area contributed by atoms with Crippen molar-refractivity contribution in [3.05, 3.63) is 48.2 Å². The average Bonchev–Trinajstić information content (AvgIpc) is 3.30. The van der Waals surface area contributed by atoms with E-state index in [0.29, 0.717) is 18.4 Å². The summed E-state index contributed by atoms with van der Waals surface area (Å²) in [5.74, 6) is -0.351. The molecule has 1 aliphatic rings. The minimum atomic E-state index is -1.06. The zero-order valence-corrected chi connectivity index (χ0v) is 10.8. The van der Waals surface area contributed by atoms with Crippen molar-refractivity contribution >= 4 is 11.8 Å². The van der Waals surface area contributed by atoms with Crippen molar-refractivity contribution in [1.82, 2.24) is 15.0 Å². The van der Waals surface area contributed by atoms with E-state index in [-0.39, 0.29) is 5.69 Å². The second kappa shape index (κ2) is 5.24. The van der Waals surface area contributed by atoms with E-state index in [1.807, 2.05) is 18.3 Å². The van der Waals surface area contributed by atoms with Gasteiger partial charge in [0, 0.05) is 25.0 Å². The van der Waals surface area contributed by atoms with Crippen molar-refractivity contribution in [2.75, 3.05) is 4.90 Å². The van der Waals surface area contributed by atoms with Gasteiger partial charge in [0.15, 0.2) is 5.69 Å². The minimum Gasteiger partial charge on any atom is -0.476 e. The molecule has 0 radical (unpaired) electrons. The Hall–Kier alpha value is -2.50. The second-order valence-corrected chi connectivity index (χ2v) is 4.79. The molecule has 2 aromatic heterocycles. The minimum absolute atomic E-state index is 0.0362. The van der Waals surface area contributed by atoms with E-state index in [1.54, 1.807) is 6.20 Å². The van der Waals surface area contributed by atoms with E-state index in [4.69, 9.17) is 5.11 Å². The molecular weight excluding hydrogens is 256 g/mol. The smallest absolute Gasteiger partial charge is 0.356 e. The maximum Gasteiger partial charge on any atom is 0.356 e. The van der Waals surface area contributed by atoms with E-state index in [9.17, 15) is 4.79 Å². The topological polar surface area (TPSA) is 79.2 Å². The van der Waals surface area contributed by atoms with Crippen LogP contribution in [0, 0.1) is 0 Å². The van der Waals surface area contributed by atoms with Crippen LogP contribution < -0.4 is 4.90 Å². The fourth-order valence-electron chi connectivity index (χ4n) is 2.05. The number of carbonyl (C=O) groups is 1. The Morgan fingerprint density at radius 3 is 2.70 bits per heavy atom. The number of nitrogens with zero attached hydrogens (tertiary/aromatic N) is 4. The molecule has 2 aromatic rings. The molecule has 1 fully saturated rings. The number of hydrogen-bond donors (Lipinski definition) is 1. The standard InChI is InChI=1S/C14H14N4O2/c19-14(20)12-7-17-13(8-16-12)18(11-3-4-11)9-10-2-1-5-15-6-10/h1-2,5-8,11H,3-4,9H2,(H,19,20).